The number of halogens is 1. The van der Waals surface area contributed by atoms with Crippen LogP contribution in [0.2, 0.25) is 0 Å². The summed E-state index contributed by atoms with van der Waals surface area (Å²) in [4.78, 5) is 15.0. The number of rotatable bonds is 4. The van der Waals surface area contributed by atoms with Gasteiger partial charge in [0, 0.05) is 32.7 Å². The van der Waals surface area contributed by atoms with Crippen LogP contribution in [-0.2, 0) is 11.3 Å². The molecule has 1 unspecified atom stereocenters. The average Bonchev–Trinajstić information content (AvgIpc) is 2.49. The van der Waals surface area contributed by atoms with E-state index in [9.17, 15) is 9.18 Å². The molecule has 5 nitrogen and oxygen atoms in total. The van der Waals surface area contributed by atoms with E-state index in [1.807, 2.05) is 11.0 Å². The van der Waals surface area contributed by atoms with Gasteiger partial charge in [0.05, 0.1) is 11.6 Å². The molecule has 1 aromatic rings. The van der Waals surface area contributed by atoms with Gasteiger partial charge in [0.2, 0.25) is 0 Å². The molecule has 0 spiro atoms. The molecule has 1 aromatic carbocycles. The Morgan fingerprint density at radius 1 is 1.43 bits per heavy atom. The quantitative estimate of drug-likeness (QED) is 0.905. The van der Waals surface area contributed by atoms with Gasteiger partial charge in [-0.25, -0.2) is 4.39 Å². The molecule has 0 bridgehead atoms. The van der Waals surface area contributed by atoms with Crippen molar-refractivity contribution in [3.63, 3.8) is 0 Å². The highest BCUT2D eigenvalue weighted by Crippen LogP contribution is 2.15. The van der Waals surface area contributed by atoms with Gasteiger partial charge in [-0.2, -0.15) is 5.26 Å². The lowest BCUT2D eigenvalue weighted by Crippen LogP contribution is -2.51. The lowest BCUT2D eigenvalue weighted by atomic mass is 10.1. The molecule has 21 heavy (non-hydrogen) atoms. The lowest BCUT2D eigenvalue weighted by Gasteiger charge is -2.36. The number of nitrogens with zero attached hydrogens (tertiary/aromatic N) is 3. The Hall–Kier alpha value is -1.97. The summed E-state index contributed by atoms with van der Waals surface area (Å²) in [5.74, 6) is -1.22. The molecular formula is C15H18FN3O2. The Balaban J connectivity index is 1.95. The zero-order valence-electron chi connectivity index (χ0n) is 11.9. The Kier molecular flexibility index (Phi) is 4.89. The van der Waals surface area contributed by atoms with E-state index in [0.717, 1.165) is 18.7 Å². The Morgan fingerprint density at radius 2 is 2.10 bits per heavy atom. The van der Waals surface area contributed by atoms with Crippen molar-refractivity contribution in [3.8, 4) is 6.07 Å². The topological polar surface area (TPSA) is 67.6 Å². The van der Waals surface area contributed by atoms with E-state index < -0.39 is 17.8 Å². The van der Waals surface area contributed by atoms with Crippen molar-refractivity contribution in [1.29, 1.82) is 5.26 Å². The number of carbonyl (C=O) groups is 1. The van der Waals surface area contributed by atoms with E-state index in [4.69, 9.17) is 10.4 Å². The number of benzene rings is 1. The van der Waals surface area contributed by atoms with Crippen LogP contribution in [0.1, 0.15) is 18.1 Å². The van der Waals surface area contributed by atoms with E-state index in [1.54, 1.807) is 13.0 Å². The highest BCUT2D eigenvalue weighted by Gasteiger charge is 2.25. The maximum Gasteiger partial charge on any atom is 0.320 e. The number of aliphatic carboxylic acids is 1. The molecule has 1 N–H and O–H groups in total. The van der Waals surface area contributed by atoms with Gasteiger partial charge in [-0.3, -0.25) is 14.6 Å². The number of carboxylic acids is 1. The van der Waals surface area contributed by atoms with Gasteiger partial charge >= 0.3 is 5.97 Å². The monoisotopic (exact) mass is 291 g/mol. The second-order valence-electron chi connectivity index (χ2n) is 5.24. The van der Waals surface area contributed by atoms with Crippen LogP contribution in [0.25, 0.3) is 0 Å². The minimum Gasteiger partial charge on any atom is -0.480 e. The fourth-order valence-electron chi connectivity index (χ4n) is 2.50. The maximum absolute atomic E-state index is 13.1. The fourth-order valence-corrected chi connectivity index (χ4v) is 2.50. The molecule has 1 atom stereocenters. The summed E-state index contributed by atoms with van der Waals surface area (Å²) in [6.07, 6.45) is 0. The summed E-state index contributed by atoms with van der Waals surface area (Å²) in [5, 5.41) is 18.0. The number of hydrogen-bond acceptors (Lipinski definition) is 4. The summed E-state index contributed by atoms with van der Waals surface area (Å²) in [6.45, 7) is 5.09. The first-order chi connectivity index (χ1) is 10.0. The number of hydrogen-bond donors (Lipinski definition) is 1. The van der Waals surface area contributed by atoms with E-state index in [0.29, 0.717) is 25.2 Å². The van der Waals surface area contributed by atoms with Crippen LogP contribution < -0.4 is 0 Å². The summed E-state index contributed by atoms with van der Waals surface area (Å²) < 4.78 is 13.1. The SMILES string of the molecule is CC(C(=O)O)N1CCN(Cc2ccc(F)cc2C#N)CC1. The van der Waals surface area contributed by atoms with Gasteiger partial charge in [-0.05, 0) is 24.6 Å². The van der Waals surface area contributed by atoms with Crippen molar-refractivity contribution < 1.29 is 14.3 Å². The molecule has 1 fully saturated rings. The number of nitriles is 1. The number of piperazine rings is 1. The van der Waals surface area contributed by atoms with E-state index in [2.05, 4.69) is 4.90 Å². The van der Waals surface area contributed by atoms with Crippen LogP contribution in [0, 0.1) is 17.1 Å². The van der Waals surface area contributed by atoms with Gasteiger partial charge in [0.1, 0.15) is 11.9 Å². The molecule has 0 aliphatic carbocycles. The highest BCUT2D eigenvalue weighted by atomic mass is 19.1. The zero-order valence-corrected chi connectivity index (χ0v) is 11.9. The Morgan fingerprint density at radius 3 is 2.67 bits per heavy atom. The van der Waals surface area contributed by atoms with Gasteiger partial charge in [0.25, 0.3) is 0 Å². The van der Waals surface area contributed by atoms with Gasteiger partial charge in [-0.15, -0.1) is 0 Å². The molecule has 0 saturated carbocycles. The molecule has 1 saturated heterocycles. The van der Waals surface area contributed by atoms with Crippen LogP contribution in [0.3, 0.4) is 0 Å². The zero-order chi connectivity index (χ0) is 15.4. The summed E-state index contributed by atoms with van der Waals surface area (Å²) in [6, 6.07) is 5.78. The van der Waals surface area contributed by atoms with Crippen molar-refractivity contribution in [3.05, 3.63) is 35.1 Å². The van der Waals surface area contributed by atoms with Gasteiger partial charge in [0.15, 0.2) is 0 Å². The largest absolute Gasteiger partial charge is 0.480 e. The first-order valence-corrected chi connectivity index (χ1v) is 6.89. The smallest absolute Gasteiger partial charge is 0.320 e. The molecule has 1 heterocycles. The van der Waals surface area contributed by atoms with Crippen LogP contribution in [0.5, 0.6) is 0 Å². The Labute approximate surface area is 123 Å². The van der Waals surface area contributed by atoms with Crippen LogP contribution in [0.15, 0.2) is 18.2 Å². The minimum atomic E-state index is -0.811. The van der Waals surface area contributed by atoms with Gasteiger partial charge < -0.3 is 5.11 Å². The highest BCUT2D eigenvalue weighted by molar-refractivity contribution is 5.72. The minimum absolute atomic E-state index is 0.358. The third-order valence-electron chi connectivity index (χ3n) is 3.90. The van der Waals surface area contributed by atoms with Crippen molar-refractivity contribution in [2.24, 2.45) is 0 Å². The van der Waals surface area contributed by atoms with Crippen LogP contribution in [0.4, 0.5) is 4.39 Å². The van der Waals surface area contributed by atoms with Gasteiger partial charge in [-0.1, -0.05) is 6.07 Å². The molecule has 6 heteroatoms. The summed E-state index contributed by atoms with van der Waals surface area (Å²) in [5.41, 5.74) is 1.16. The predicted molar refractivity (Wildman–Crippen MR) is 75.1 cm³/mol. The molecule has 2 rings (SSSR count). The second-order valence-corrected chi connectivity index (χ2v) is 5.24. The van der Waals surface area contributed by atoms with Crippen molar-refractivity contribution in [2.45, 2.75) is 19.5 Å². The first-order valence-electron chi connectivity index (χ1n) is 6.89. The Bertz CT molecular complexity index is 563. The third-order valence-corrected chi connectivity index (χ3v) is 3.90. The van der Waals surface area contributed by atoms with Crippen LogP contribution >= 0.6 is 0 Å². The normalized spacial score (nSPS) is 18.1. The molecule has 0 aromatic heterocycles. The maximum atomic E-state index is 13.1. The average molecular weight is 291 g/mol. The molecule has 1 aliphatic heterocycles. The standard InChI is InChI=1S/C15H18FN3O2/c1-11(15(20)21)19-6-4-18(5-7-19)10-12-2-3-14(16)8-13(12)9-17/h2-3,8,11H,4-7,10H2,1H3,(H,20,21). The van der Waals surface area contributed by atoms with Crippen molar-refractivity contribution in [1.82, 2.24) is 9.80 Å². The fraction of sp³-hybridized carbons (Fsp3) is 0.467. The predicted octanol–water partition coefficient (Wildman–Crippen LogP) is 1.29. The third kappa shape index (κ3) is 3.78. The second kappa shape index (κ2) is 6.66. The molecule has 0 amide bonds. The first kappa shape index (κ1) is 15.4. The molecule has 1 aliphatic rings. The summed E-state index contributed by atoms with van der Waals surface area (Å²) in [7, 11) is 0. The molecule has 112 valence electrons. The van der Waals surface area contributed by atoms with Crippen molar-refractivity contribution >= 4 is 5.97 Å². The lowest BCUT2D eigenvalue weighted by molar-refractivity contribution is -0.143. The van der Waals surface area contributed by atoms with Crippen LogP contribution in [-0.4, -0.2) is 53.1 Å². The number of carboxylic acid groups (broad SMARTS) is 1. The van der Waals surface area contributed by atoms with Crippen molar-refractivity contribution in [2.75, 3.05) is 26.2 Å². The van der Waals surface area contributed by atoms with E-state index in [-0.39, 0.29) is 0 Å². The van der Waals surface area contributed by atoms with E-state index in [1.165, 1.54) is 12.1 Å². The molecular weight excluding hydrogens is 273 g/mol. The molecule has 0 radical (unpaired) electrons. The van der Waals surface area contributed by atoms with E-state index >= 15 is 0 Å². The summed E-state index contributed by atoms with van der Waals surface area (Å²) >= 11 is 0.